The second-order valence-electron chi connectivity index (χ2n) is 37.8. The third-order valence-corrected chi connectivity index (χ3v) is 21.7. The van der Waals surface area contributed by atoms with E-state index >= 15 is 0 Å². The van der Waals surface area contributed by atoms with Gasteiger partial charge in [0.15, 0.2) is 23.7 Å². The maximum absolute atomic E-state index is 14.4. The normalized spacial score (nSPS) is 18.8. The van der Waals surface area contributed by atoms with Gasteiger partial charge in [0, 0.05) is 49.8 Å². The lowest BCUT2D eigenvalue weighted by Crippen LogP contribution is -2.50. The number of aromatic nitrogens is 1. The number of nitrogens with one attached hydrogen (secondary N) is 3. The molecular weight excluding hydrogens is 1770 g/mol. The van der Waals surface area contributed by atoms with Crippen LogP contribution in [0.15, 0.2) is 151 Å². The van der Waals surface area contributed by atoms with Crippen molar-refractivity contribution in [3.8, 4) is 0 Å². The number of aliphatic imine (C=N–C) groups is 18. The van der Waals surface area contributed by atoms with E-state index in [4.69, 9.17) is 10.8 Å². The number of carbonyl (C=O) groups is 1. The second kappa shape index (κ2) is 48.3. The maximum atomic E-state index is 14.4. The molecule has 1 saturated heterocycles. The standard InChI is InChI=1S/C91H142N22O23/c1-24-91(23,81(135)112-89(19,20)80(134)111-85(11,12)76(130)101-58(37-39-64(93)118)69(123)99-54(46-114)43-53-44-94-56-34-29-28-33-55(53)56)108-73(127)62-35-30-40-113(62)82(136)90(21,22)105-67(121)50(5)96-66(120)49(4)97-74(128)84(9,10)109-78(132)87(15,16)104-65(119)45-95-68(122)57(36-38-63(92)117)100-70(124)59(41-48(2)3)102-77(131)86(13,14)110-79(133)88(17,18)107-72(126)61(47-115)103-75(129)83(7,8)106-71(125)60(98-51(6)116)42-52-31-26-25-27-32-52/h25-29,31-34,44,48-50,54,57-62,94,114-115H,24,30,35-43,45-47H2,1-23H3,(H2,92,117)(H2,93,118)(H,95,122)(H,96,120)(H,97,128)(H,98,116)(H,99,123)(H,100,124)(H,101,130)(H,102,131)(H,103,129)(H,104,119)(H,105,121)(H,106,125)(H,107,126)(H,108,127)(H,109,132)(H,110,133)(H,111,134)(H,112,135). The van der Waals surface area contributed by atoms with E-state index in [0.717, 1.165) is 22.0 Å². The predicted molar refractivity (Wildman–Crippen MR) is 534 cm³/mol. The Bertz CT molecular complexity index is 5230. The number of aliphatic hydroxyl groups is 22. The van der Waals surface area contributed by atoms with Crippen LogP contribution >= 0.6 is 0 Å². The van der Waals surface area contributed by atoms with Crippen molar-refractivity contribution in [3.05, 3.63) is 71.9 Å². The number of aliphatic hydroxyl groups excluding tert-OH is 22. The van der Waals surface area contributed by atoms with E-state index in [9.17, 15) is 117 Å². The number of hydrogen-bond acceptors (Lipinski definition) is 23. The molecule has 1 aliphatic rings. The first-order valence-electron chi connectivity index (χ1n) is 44.2. The Hall–Kier alpha value is -13.2. The summed E-state index contributed by atoms with van der Waals surface area (Å²) in [5.74, 6) is -15.6. The van der Waals surface area contributed by atoms with Gasteiger partial charge in [-0.05, 0) is 200 Å². The lowest BCUT2D eigenvalue weighted by Gasteiger charge is -2.32. The minimum absolute atomic E-state index is 0.00192. The maximum Gasteiger partial charge on any atom is 0.250 e. The zero-order valence-electron chi connectivity index (χ0n) is 81.7. The molecule has 0 saturated carbocycles. The molecule has 754 valence electrons. The van der Waals surface area contributed by atoms with Crippen LogP contribution in [0, 0.1) is 16.7 Å². The molecule has 45 nitrogen and oxygen atoms in total. The highest BCUT2D eigenvalue weighted by Crippen LogP contribution is 2.31. The van der Waals surface area contributed by atoms with Crippen LogP contribution in [0.1, 0.15) is 222 Å². The number of fused-ring (bicyclic) bond motifs is 1. The highest BCUT2D eigenvalue weighted by atomic mass is 16.3. The molecule has 0 radical (unpaired) electrons. The van der Waals surface area contributed by atoms with Crippen LogP contribution in [0.25, 0.3) is 10.9 Å². The van der Waals surface area contributed by atoms with Crippen molar-refractivity contribution in [1.29, 1.82) is 10.8 Å². The first-order chi connectivity index (χ1) is 62.6. The van der Waals surface area contributed by atoms with Gasteiger partial charge in [-0.15, -0.1) is 0 Å². The van der Waals surface area contributed by atoms with Gasteiger partial charge >= 0.3 is 0 Å². The minimum Gasteiger partial charge on any atom is -0.497 e. The van der Waals surface area contributed by atoms with Crippen LogP contribution in [0.2, 0.25) is 0 Å². The first kappa shape index (κ1) is 115. The van der Waals surface area contributed by atoms with Crippen LogP contribution in [0.5, 0.6) is 0 Å². The van der Waals surface area contributed by atoms with Gasteiger partial charge in [0.1, 0.15) is 98.7 Å². The molecule has 10 atom stereocenters. The number of hydrogen-bond donors (Lipinski definition) is 25. The van der Waals surface area contributed by atoms with Gasteiger partial charge in [-0.2, -0.15) is 0 Å². The van der Waals surface area contributed by atoms with Crippen molar-refractivity contribution >= 4 is 135 Å². The highest BCUT2D eigenvalue weighted by molar-refractivity contribution is 6.01. The van der Waals surface area contributed by atoms with Crippen LogP contribution in [-0.4, -0.2) is 377 Å². The van der Waals surface area contributed by atoms with Gasteiger partial charge in [-0.1, -0.05) is 69.3 Å². The molecule has 25 N–H and O–H groups in total. The van der Waals surface area contributed by atoms with Gasteiger partial charge in [0.2, 0.25) is 100 Å². The fourth-order valence-corrected chi connectivity index (χ4v) is 13.0. The van der Waals surface area contributed by atoms with Crippen LogP contribution in [0.3, 0.4) is 0 Å². The number of rotatable bonds is 51. The topological polar surface area (TPSA) is 751 Å². The van der Waals surface area contributed by atoms with Gasteiger partial charge < -0.3 is 122 Å². The van der Waals surface area contributed by atoms with Crippen molar-refractivity contribution in [3.63, 3.8) is 0 Å². The molecule has 1 amide bonds. The van der Waals surface area contributed by atoms with E-state index in [-0.39, 0.29) is 69.7 Å². The number of para-hydroxylation sites is 1. The largest absolute Gasteiger partial charge is 0.497 e. The van der Waals surface area contributed by atoms with Crippen molar-refractivity contribution in [2.75, 3.05) is 26.3 Å². The van der Waals surface area contributed by atoms with Gasteiger partial charge in [-0.25, -0.2) is 89.9 Å². The zero-order valence-corrected chi connectivity index (χ0v) is 81.7. The van der Waals surface area contributed by atoms with E-state index < -0.39 is 248 Å². The minimum atomic E-state index is -1.85. The third kappa shape index (κ3) is 34.0. The molecule has 2 aromatic carbocycles. The number of amides is 1. The summed E-state index contributed by atoms with van der Waals surface area (Å²) in [7, 11) is 0. The highest BCUT2D eigenvalue weighted by Gasteiger charge is 2.45. The predicted octanol–water partition coefficient (Wildman–Crippen LogP) is 13.2. The fourth-order valence-electron chi connectivity index (χ4n) is 13.0. The Morgan fingerprint density at radius 1 is 0.434 bits per heavy atom. The summed E-state index contributed by atoms with van der Waals surface area (Å²) in [5, 5.41) is 260. The van der Waals surface area contributed by atoms with Crippen LogP contribution in [0.4, 0.5) is 0 Å². The summed E-state index contributed by atoms with van der Waals surface area (Å²) in [5.41, 5.74) is -13.6. The summed E-state index contributed by atoms with van der Waals surface area (Å²) in [6, 6.07) is 4.63. The number of likely N-dealkylation sites (tertiary alicyclic amines) is 1. The number of benzene rings is 2. The van der Waals surface area contributed by atoms with E-state index in [1.165, 1.54) is 143 Å². The molecule has 45 heteroatoms. The molecule has 10 unspecified atom stereocenters. The van der Waals surface area contributed by atoms with Crippen molar-refractivity contribution in [1.82, 2.24) is 9.88 Å². The summed E-state index contributed by atoms with van der Waals surface area (Å²) in [6.45, 7) is 29.9. The first-order valence-corrected chi connectivity index (χ1v) is 44.2. The summed E-state index contributed by atoms with van der Waals surface area (Å²) in [4.78, 5) is 94.3. The molecule has 1 fully saturated rings. The molecule has 2 heterocycles. The number of H-pyrrole nitrogens is 1. The summed E-state index contributed by atoms with van der Waals surface area (Å²) < 4.78 is 0. The zero-order chi connectivity index (χ0) is 104. The van der Waals surface area contributed by atoms with Crippen LogP contribution in [-0.2, 0) is 17.6 Å². The van der Waals surface area contributed by atoms with E-state index in [1.807, 2.05) is 24.3 Å². The van der Waals surface area contributed by atoms with Gasteiger partial charge in [-0.3, -0.25) is 15.6 Å². The van der Waals surface area contributed by atoms with Crippen molar-refractivity contribution in [2.24, 2.45) is 95.8 Å². The molecule has 4 rings (SSSR count). The van der Waals surface area contributed by atoms with Gasteiger partial charge in [0.25, 0.3) is 5.91 Å². The summed E-state index contributed by atoms with van der Waals surface area (Å²) >= 11 is 0. The molecule has 3 aromatic rings. The lowest BCUT2D eigenvalue weighted by atomic mass is 9.97. The van der Waals surface area contributed by atoms with Crippen molar-refractivity contribution < 1.29 is 117 Å². The average molecular weight is 1910 g/mol. The Balaban J connectivity index is 1.51. The molecule has 0 aliphatic carbocycles. The molecule has 0 bridgehead atoms. The monoisotopic (exact) mass is 1910 g/mol. The molecule has 0 spiro atoms. The Kier molecular flexibility index (Phi) is 40.9. The molecule has 1 aliphatic heterocycles. The Labute approximate surface area is 790 Å². The smallest absolute Gasteiger partial charge is 0.250 e. The van der Waals surface area contributed by atoms with E-state index in [0.29, 0.717) is 6.42 Å². The average Bonchev–Trinajstić information content (AvgIpc) is 1.54. The Morgan fingerprint density at radius 2 is 0.868 bits per heavy atom. The van der Waals surface area contributed by atoms with E-state index in [2.05, 4.69) is 94.8 Å². The van der Waals surface area contributed by atoms with Crippen molar-refractivity contribution in [2.45, 2.75) is 328 Å². The van der Waals surface area contributed by atoms with Gasteiger partial charge in [0.05, 0.1) is 19.3 Å². The SMILES string of the molecule is CCC(C)(N=C(O)C1CCCN1C(=O)C(C)(C)N=C(O)C(C)N=C(O)C(C)N=C(O)C(C)(C)N=C(O)C(C)(C)N=C(O)CN=C(O)C(CCC(=N)O)N=C(O)C(CC(C)C)N=C(O)C(C)(C)N=C(O)C(C)(C)N=C(O)C(CO)N=C(O)C(C)(C)N=C(O)C(Cc1ccccc1)N=C(C)O)C(O)=NC(C)(C)C(O)=NC(C)(C)C(O)=NC(CCC(=N)O)C(O)=NC(CO)Cc1c[nH]c2ccccc12. The fraction of sp³-hybridized carbons (Fsp3) is 0.615. The Morgan fingerprint density at radius 3 is 1.37 bits per heavy atom. The molecule has 1 aromatic heterocycles. The molecular formula is C91H142N22O23. The lowest BCUT2D eigenvalue weighted by molar-refractivity contribution is -0.135. The number of carbonyl (C=O) groups excluding carboxylic acids is 1. The third-order valence-electron chi connectivity index (χ3n) is 21.7. The van der Waals surface area contributed by atoms with E-state index in [1.54, 1.807) is 57.3 Å². The number of nitrogens with zero attached hydrogens (tertiary/aromatic N) is 19. The van der Waals surface area contributed by atoms with Crippen LogP contribution < -0.4 is 0 Å². The second-order valence-corrected chi connectivity index (χ2v) is 37.8. The quantitative estimate of drug-likeness (QED) is 0.0184. The number of aromatic amines is 1. The molecule has 136 heavy (non-hydrogen) atoms. The summed E-state index contributed by atoms with van der Waals surface area (Å²) in [6.07, 6.45) is 1.32.